The fourth-order valence-electron chi connectivity index (χ4n) is 3.85. The lowest BCUT2D eigenvalue weighted by Crippen LogP contribution is -2.09. The maximum absolute atomic E-state index is 5.45. The van der Waals surface area contributed by atoms with Crippen LogP contribution < -0.4 is 5.32 Å². The second-order valence-electron chi connectivity index (χ2n) is 7.47. The van der Waals surface area contributed by atoms with Crippen LogP contribution >= 0.6 is 12.4 Å². The highest BCUT2D eigenvalue weighted by Crippen LogP contribution is 2.20. The van der Waals surface area contributed by atoms with Crippen LogP contribution in [0.2, 0.25) is 0 Å². The van der Waals surface area contributed by atoms with E-state index in [-0.39, 0.29) is 12.4 Å². The summed E-state index contributed by atoms with van der Waals surface area (Å²) in [5.41, 5.74) is 4.36. The molecule has 2 aromatic heterocycles. The minimum atomic E-state index is 0. The van der Waals surface area contributed by atoms with Gasteiger partial charge in [0.15, 0.2) is 0 Å². The quantitative estimate of drug-likeness (QED) is 0.519. The number of hydrogen-bond donors (Lipinski definition) is 1. The Morgan fingerprint density at radius 2 is 1.97 bits per heavy atom. The van der Waals surface area contributed by atoms with Gasteiger partial charge in [0.2, 0.25) is 11.7 Å². The number of nitrogens with one attached hydrogen (secondary N) is 1. The molecule has 3 heterocycles. The predicted molar refractivity (Wildman–Crippen MR) is 115 cm³/mol. The molecule has 1 N–H and O–H groups in total. The van der Waals surface area contributed by atoms with Crippen LogP contribution in [0.4, 0.5) is 0 Å². The first-order chi connectivity index (χ1) is 13.8. The summed E-state index contributed by atoms with van der Waals surface area (Å²) >= 11 is 0. The fourth-order valence-corrected chi connectivity index (χ4v) is 3.85. The Bertz CT molecular complexity index is 1070. The Morgan fingerprint density at radius 1 is 1.10 bits per heavy atom. The Kier molecular flexibility index (Phi) is 5.92. The molecule has 2 aromatic carbocycles. The molecular weight excluding hydrogens is 386 g/mol. The number of aryl methyl sites for hydroxylation is 1. The van der Waals surface area contributed by atoms with Gasteiger partial charge in [0.1, 0.15) is 0 Å². The zero-order chi connectivity index (χ0) is 18.8. The van der Waals surface area contributed by atoms with Gasteiger partial charge in [0, 0.05) is 18.5 Å². The Labute approximate surface area is 175 Å². The molecule has 5 rings (SSSR count). The summed E-state index contributed by atoms with van der Waals surface area (Å²) in [6, 6.07) is 16.5. The first kappa shape index (κ1) is 19.6. The Hall–Kier alpha value is -2.70. The molecule has 0 amide bonds. The highest BCUT2D eigenvalue weighted by molar-refractivity contribution is 5.85. The SMILES string of the molecule is Cl.c1ccc2c(c1)ncn2Cc1ccc(-c2noc(CCC3CCNC3)n2)cc1. The largest absolute Gasteiger partial charge is 0.339 e. The van der Waals surface area contributed by atoms with Crippen molar-refractivity contribution >= 4 is 23.4 Å². The second-order valence-corrected chi connectivity index (χ2v) is 7.47. The molecule has 1 aliphatic rings. The predicted octanol–water partition coefficient (Wildman–Crippen LogP) is 4.10. The van der Waals surface area contributed by atoms with Crippen LogP contribution in [-0.4, -0.2) is 32.8 Å². The van der Waals surface area contributed by atoms with Crippen LogP contribution in [0.5, 0.6) is 0 Å². The first-order valence-corrected chi connectivity index (χ1v) is 9.88. The van der Waals surface area contributed by atoms with Crippen molar-refractivity contribution in [1.82, 2.24) is 25.0 Å². The second kappa shape index (κ2) is 8.76. The number of hydrogen-bond acceptors (Lipinski definition) is 5. The average Bonchev–Trinajstić information content (AvgIpc) is 3.49. The summed E-state index contributed by atoms with van der Waals surface area (Å²) in [5, 5.41) is 7.56. The fraction of sp³-hybridized carbons (Fsp3) is 0.318. The van der Waals surface area contributed by atoms with Crippen molar-refractivity contribution in [2.24, 2.45) is 5.92 Å². The highest BCUT2D eigenvalue weighted by Gasteiger charge is 2.16. The van der Waals surface area contributed by atoms with Gasteiger partial charge in [-0.3, -0.25) is 0 Å². The molecule has 1 fully saturated rings. The van der Waals surface area contributed by atoms with Crippen molar-refractivity contribution in [2.75, 3.05) is 13.1 Å². The average molecular weight is 410 g/mol. The maximum Gasteiger partial charge on any atom is 0.226 e. The standard InChI is InChI=1S/C22H23N5O.ClH/c1-2-4-20-19(3-1)24-15-27(20)14-17-5-8-18(9-6-17)22-25-21(28-26-22)10-7-16-11-12-23-13-16;/h1-6,8-9,15-16,23H,7,10-14H2;1H. The molecule has 0 bridgehead atoms. The molecular formula is C22H24ClN5O. The van der Waals surface area contributed by atoms with Crippen LogP contribution in [0.25, 0.3) is 22.4 Å². The van der Waals surface area contributed by atoms with Crippen molar-refractivity contribution in [3.8, 4) is 11.4 Å². The molecule has 0 spiro atoms. The Morgan fingerprint density at radius 3 is 2.79 bits per heavy atom. The smallest absolute Gasteiger partial charge is 0.226 e. The summed E-state index contributed by atoms with van der Waals surface area (Å²) in [6.45, 7) is 3.02. The summed E-state index contributed by atoms with van der Waals surface area (Å²) in [5.74, 6) is 2.13. The van der Waals surface area contributed by atoms with E-state index in [1.54, 1.807) is 0 Å². The van der Waals surface area contributed by atoms with Crippen LogP contribution in [0, 0.1) is 5.92 Å². The van der Waals surface area contributed by atoms with Crippen molar-refractivity contribution in [3.63, 3.8) is 0 Å². The molecule has 1 unspecified atom stereocenters. The number of benzene rings is 2. The van der Waals surface area contributed by atoms with Gasteiger partial charge in [-0.25, -0.2) is 4.98 Å². The molecule has 150 valence electrons. The number of rotatable bonds is 6. The van der Waals surface area contributed by atoms with Crippen LogP contribution in [0.1, 0.15) is 24.3 Å². The lowest BCUT2D eigenvalue weighted by molar-refractivity contribution is 0.365. The third kappa shape index (κ3) is 4.33. The van der Waals surface area contributed by atoms with E-state index in [9.17, 15) is 0 Å². The zero-order valence-corrected chi connectivity index (χ0v) is 16.9. The van der Waals surface area contributed by atoms with Gasteiger partial charge in [-0.1, -0.05) is 41.6 Å². The summed E-state index contributed by atoms with van der Waals surface area (Å²) in [7, 11) is 0. The van der Waals surface area contributed by atoms with E-state index < -0.39 is 0 Å². The molecule has 0 radical (unpaired) electrons. The third-order valence-electron chi connectivity index (χ3n) is 5.49. The lowest BCUT2D eigenvalue weighted by Gasteiger charge is -2.05. The van der Waals surface area contributed by atoms with Gasteiger partial charge in [-0.05, 0) is 49.5 Å². The van der Waals surface area contributed by atoms with E-state index in [0.717, 1.165) is 60.9 Å². The number of para-hydroxylation sites is 2. The molecule has 29 heavy (non-hydrogen) atoms. The van der Waals surface area contributed by atoms with Crippen LogP contribution in [0.3, 0.4) is 0 Å². The van der Waals surface area contributed by atoms with E-state index in [1.807, 2.05) is 24.5 Å². The van der Waals surface area contributed by atoms with Gasteiger partial charge >= 0.3 is 0 Å². The van der Waals surface area contributed by atoms with E-state index in [4.69, 9.17) is 4.52 Å². The van der Waals surface area contributed by atoms with Gasteiger partial charge in [-0.2, -0.15) is 4.98 Å². The van der Waals surface area contributed by atoms with E-state index in [1.165, 1.54) is 12.0 Å². The number of halogens is 1. The number of nitrogens with zero attached hydrogens (tertiary/aromatic N) is 4. The van der Waals surface area contributed by atoms with E-state index >= 15 is 0 Å². The number of fused-ring (bicyclic) bond motifs is 1. The van der Waals surface area contributed by atoms with Gasteiger partial charge in [0.25, 0.3) is 0 Å². The molecule has 7 heteroatoms. The Balaban J connectivity index is 0.00000205. The molecule has 0 aliphatic carbocycles. The lowest BCUT2D eigenvalue weighted by atomic mass is 10.0. The molecule has 0 saturated carbocycles. The van der Waals surface area contributed by atoms with Crippen LogP contribution in [0.15, 0.2) is 59.4 Å². The van der Waals surface area contributed by atoms with Crippen LogP contribution in [-0.2, 0) is 13.0 Å². The molecule has 1 atom stereocenters. The molecule has 6 nitrogen and oxygen atoms in total. The van der Waals surface area contributed by atoms with Crippen molar-refractivity contribution in [2.45, 2.75) is 25.8 Å². The van der Waals surface area contributed by atoms with Gasteiger partial charge in [0.05, 0.1) is 17.4 Å². The van der Waals surface area contributed by atoms with Crippen molar-refractivity contribution < 1.29 is 4.52 Å². The molecule has 1 saturated heterocycles. The van der Waals surface area contributed by atoms with Crippen molar-refractivity contribution in [1.29, 1.82) is 0 Å². The zero-order valence-electron chi connectivity index (χ0n) is 16.1. The monoisotopic (exact) mass is 409 g/mol. The van der Waals surface area contributed by atoms with E-state index in [0.29, 0.717) is 5.82 Å². The summed E-state index contributed by atoms with van der Waals surface area (Å²) in [4.78, 5) is 9.03. The van der Waals surface area contributed by atoms with E-state index in [2.05, 4.69) is 55.3 Å². The third-order valence-corrected chi connectivity index (χ3v) is 5.49. The molecule has 4 aromatic rings. The maximum atomic E-state index is 5.45. The minimum absolute atomic E-state index is 0. The van der Waals surface area contributed by atoms with Gasteiger partial charge < -0.3 is 14.4 Å². The molecule has 1 aliphatic heterocycles. The normalized spacial score (nSPS) is 16.2. The minimum Gasteiger partial charge on any atom is -0.339 e. The summed E-state index contributed by atoms with van der Waals surface area (Å²) < 4.78 is 7.61. The van der Waals surface area contributed by atoms with Gasteiger partial charge in [-0.15, -0.1) is 12.4 Å². The topological polar surface area (TPSA) is 68.8 Å². The van der Waals surface area contributed by atoms with Crippen molar-refractivity contribution in [3.05, 3.63) is 66.3 Å². The highest BCUT2D eigenvalue weighted by atomic mass is 35.5. The first-order valence-electron chi connectivity index (χ1n) is 9.88. The number of aromatic nitrogens is 4. The number of imidazole rings is 1. The summed E-state index contributed by atoms with van der Waals surface area (Å²) in [6.07, 6.45) is 5.09.